The molecule has 0 unspecified atom stereocenters. The van der Waals surface area contributed by atoms with Crippen LogP contribution in [0.2, 0.25) is 24.7 Å². The Hall–Kier alpha value is -3.14. The van der Waals surface area contributed by atoms with Crippen molar-refractivity contribution in [1.29, 1.82) is 0 Å². The molecule has 3 aromatic carbocycles. The Morgan fingerprint density at radius 1 is 1.03 bits per heavy atom. The fourth-order valence-electron chi connectivity index (χ4n) is 2.86. The molecule has 0 bridgehead atoms. The van der Waals surface area contributed by atoms with Gasteiger partial charge in [-0.05, 0) is 47.2 Å². The SMILES string of the molecule is COC(=O)c1cc(Cl)c(C#C[Si](C)(C)C)cc1NC(=O)c1ccc2cc(F)ccc2c1. The van der Waals surface area contributed by atoms with E-state index in [0.717, 1.165) is 5.39 Å². The molecular weight excluding hydrogens is 433 g/mol. The van der Waals surface area contributed by atoms with Crippen molar-refractivity contribution in [3.8, 4) is 11.5 Å². The van der Waals surface area contributed by atoms with E-state index in [9.17, 15) is 14.0 Å². The number of carbonyl (C=O) groups is 2. The minimum Gasteiger partial charge on any atom is -0.465 e. The molecule has 0 aromatic heterocycles. The van der Waals surface area contributed by atoms with Crippen LogP contribution in [0.15, 0.2) is 48.5 Å². The molecule has 0 saturated heterocycles. The first kappa shape index (κ1) is 22.5. The minimum atomic E-state index is -1.66. The van der Waals surface area contributed by atoms with Crippen LogP contribution in [0.3, 0.4) is 0 Å². The smallest absolute Gasteiger partial charge is 0.340 e. The van der Waals surface area contributed by atoms with Crippen LogP contribution in [0, 0.1) is 17.3 Å². The zero-order valence-electron chi connectivity index (χ0n) is 17.6. The quantitative estimate of drug-likeness (QED) is 0.305. The van der Waals surface area contributed by atoms with Crippen LogP contribution in [-0.4, -0.2) is 27.1 Å². The number of halogens is 2. The Morgan fingerprint density at radius 2 is 1.71 bits per heavy atom. The highest BCUT2D eigenvalue weighted by atomic mass is 35.5. The Morgan fingerprint density at radius 3 is 2.39 bits per heavy atom. The Kier molecular flexibility index (Phi) is 6.49. The summed E-state index contributed by atoms with van der Waals surface area (Å²) >= 11 is 6.32. The lowest BCUT2D eigenvalue weighted by Crippen LogP contribution is -2.17. The molecule has 0 atom stereocenters. The molecule has 0 aliphatic carbocycles. The summed E-state index contributed by atoms with van der Waals surface area (Å²) in [5.74, 6) is 1.66. The number of carbonyl (C=O) groups excluding carboxylic acids is 2. The van der Waals surface area contributed by atoms with Crippen LogP contribution in [0.5, 0.6) is 0 Å². The van der Waals surface area contributed by atoms with Crippen molar-refractivity contribution in [1.82, 2.24) is 0 Å². The van der Waals surface area contributed by atoms with Gasteiger partial charge < -0.3 is 10.1 Å². The van der Waals surface area contributed by atoms with Crippen molar-refractivity contribution in [3.05, 3.63) is 76.1 Å². The molecule has 0 fully saturated rings. The molecule has 158 valence electrons. The zero-order chi connectivity index (χ0) is 22.8. The molecule has 31 heavy (non-hydrogen) atoms. The maximum atomic E-state index is 13.4. The van der Waals surface area contributed by atoms with Gasteiger partial charge in [0.25, 0.3) is 5.91 Å². The fraction of sp³-hybridized carbons (Fsp3) is 0.167. The lowest BCUT2D eigenvalue weighted by atomic mass is 10.1. The highest BCUT2D eigenvalue weighted by Crippen LogP contribution is 2.27. The normalized spacial score (nSPS) is 10.9. The highest BCUT2D eigenvalue weighted by molar-refractivity contribution is 6.83. The number of hydrogen-bond acceptors (Lipinski definition) is 3. The molecule has 0 heterocycles. The number of ether oxygens (including phenoxy) is 1. The molecular formula is C24H21ClFNO3Si. The first-order valence-electron chi connectivity index (χ1n) is 9.53. The van der Waals surface area contributed by atoms with Crippen LogP contribution in [0.25, 0.3) is 10.8 Å². The van der Waals surface area contributed by atoms with Gasteiger partial charge in [0.2, 0.25) is 0 Å². The van der Waals surface area contributed by atoms with Gasteiger partial charge >= 0.3 is 5.97 Å². The van der Waals surface area contributed by atoms with Gasteiger partial charge in [-0.25, -0.2) is 9.18 Å². The van der Waals surface area contributed by atoms with Crippen molar-refractivity contribution >= 4 is 48.0 Å². The van der Waals surface area contributed by atoms with Gasteiger partial charge in [-0.2, -0.15) is 0 Å². The Balaban J connectivity index is 2.01. The van der Waals surface area contributed by atoms with Crippen LogP contribution in [0.1, 0.15) is 26.3 Å². The zero-order valence-corrected chi connectivity index (χ0v) is 19.4. The summed E-state index contributed by atoms with van der Waals surface area (Å²) in [5.41, 5.74) is 4.48. The molecule has 0 aliphatic rings. The van der Waals surface area contributed by atoms with E-state index >= 15 is 0 Å². The number of amides is 1. The summed E-state index contributed by atoms with van der Waals surface area (Å²) in [7, 11) is -0.410. The number of methoxy groups -OCH3 is 1. The molecule has 0 aliphatic heterocycles. The van der Waals surface area contributed by atoms with E-state index < -0.39 is 20.0 Å². The molecule has 4 nitrogen and oxygen atoms in total. The number of esters is 1. The summed E-state index contributed by atoms with van der Waals surface area (Å²) in [5, 5.41) is 4.46. The monoisotopic (exact) mass is 453 g/mol. The fourth-order valence-corrected chi connectivity index (χ4v) is 3.58. The molecule has 1 N–H and O–H groups in total. The van der Waals surface area contributed by atoms with Crippen molar-refractivity contribution in [2.75, 3.05) is 12.4 Å². The number of anilines is 1. The average molecular weight is 454 g/mol. The van der Waals surface area contributed by atoms with Gasteiger partial charge in [0.1, 0.15) is 13.9 Å². The predicted octanol–water partition coefficient (Wildman–Crippen LogP) is 5.90. The summed E-state index contributed by atoms with van der Waals surface area (Å²) in [6.45, 7) is 6.31. The second-order valence-electron chi connectivity index (χ2n) is 8.03. The van der Waals surface area contributed by atoms with Crippen molar-refractivity contribution < 1.29 is 18.7 Å². The lowest BCUT2D eigenvalue weighted by Gasteiger charge is -2.12. The molecule has 3 rings (SSSR count). The summed E-state index contributed by atoms with van der Waals surface area (Å²) in [6, 6.07) is 12.3. The second kappa shape index (κ2) is 8.92. The number of hydrogen-bond donors (Lipinski definition) is 1. The molecule has 0 spiro atoms. The third kappa shape index (κ3) is 5.51. The van der Waals surface area contributed by atoms with E-state index in [1.165, 1.54) is 25.3 Å². The van der Waals surface area contributed by atoms with Crippen molar-refractivity contribution in [2.24, 2.45) is 0 Å². The van der Waals surface area contributed by atoms with Gasteiger partial charge in [-0.1, -0.05) is 49.3 Å². The third-order valence-electron chi connectivity index (χ3n) is 4.40. The van der Waals surface area contributed by atoms with Gasteiger partial charge in [0.05, 0.1) is 23.4 Å². The van der Waals surface area contributed by atoms with E-state index in [1.807, 2.05) is 0 Å². The van der Waals surface area contributed by atoms with Gasteiger partial charge in [0.15, 0.2) is 0 Å². The summed E-state index contributed by atoms with van der Waals surface area (Å²) in [6.07, 6.45) is 0. The van der Waals surface area contributed by atoms with Gasteiger partial charge in [0, 0.05) is 11.1 Å². The molecule has 7 heteroatoms. The van der Waals surface area contributed by atoms with E-state index in [2.05, 4.69) is 36.4 Å². The summed E-state index contributed by atoms with van der Waals surface area (Å²) in [4.78, 5) is 25.1. The molecule has 3 aromatic rings. The van der Waals surface area contributed by atoms with E-state index in [-0.39, 0.29) is 17.1 Å². The lowest BCUT2D eigenvalue weighted by molar-refractivity contribution is 0.0602. The van der Waals surface area contributed by atoms with Crippen molar-refractivity contribution in [3.63, 3.8) is 0 Å². The maximum Gasteiger partial charge on any atom is 0.340 e. The Labute approximate surface area is 186 Å². The number of fused-ring (bicyclic) bond motifs is 1. The van der Waals surface area contributed by atoms with Crippen LogP contribution in [-0.2, 0) is 4.74 Å². The molecule has 0 saturated carbocycles. The Bertz CT molecular complexity index is 1260. The van der Waals surface area contributed by atoms with Crippen LogP contribution < -0.4 is 5.32 Å². The summed E-state index contributed by atoms with van der Waals surface area (Å²) < 4.78 is 18.2. The van der Waals surface area contributed by atoms with E-state index in [0.29, 0.717) is 21.5 Å². The predicted molar refractivity (Wildman–Crippen MR) is 125 cm³/mol. The second-order valence-corrected chi connectivity index (χ2v) is 13.2. The standard InChI is InChI=1S/C24H21ClFNO3Si/c1-30-24(29)20-14-21(25)17(9-10-31(2,3)4)13-22(20)27-23(28)18-6-5-16-12-19(26)8-7-15(16)11-18/h5-8,11-14H,1-4H3,(H,27,28). The van der Waals surface area contributed by atoms with Crippen LogP contribution >= 0.6 is 11.6 Å². The number of benzene rings is 3. The van der Waals surface area contributed by atoms with E-state index in [4.69, 9.17) is 16.3 Å². The van der Waals surface area contributed by atoms with E-state index in [1.54, 1.807) is 30.3 Å². The number of rotatable bonds is 3. The first-order chi connectivity index (χ1) is 14.6. The van der Waals surface area contributed by atoms with Crippen molar-refractivity contribution in [2.45, 2.75) is 19.6 Å². The van der Waals surface area contributed by atoms with Gasteiger partial charge in [-0.15, -0.1) is 5.54 Å². The molecule has 0 radical (unpaired) electrons. The van der Waals surface area contributed by atoms with Gasteiger partial charge in [-0.3, -0.25) is 4.79 Å². The topological polar surface area (TPSA) is 55.4 Å². The van der Waals surface area contributed by atoms with Crippen LogP contribution in [0.4, 0.5) is 10.1 Å². The first-order valence-corrected chi connectivity index (χ1v) is 13.4. The molecule has 1 amide bonds. The number of nitrogens with one attached hydrogen (secondary N) is 1. The highest BCUT2D eigenvalue weighted by Gasteiger charge is 2.18. The average Bonchev–Trinajstić information content (AvgIpc) is 2.72. The maximum absolute atomic E-state index is 13.4. The third-order valence-corrected chi connectivity index (χ3v) is 5.59. The minimum absolute atomic E-state index is 0.127. The largest absolute Gasteiger partial charge is 0.465 e.